The van der Waals surface area contributed by atoms with E-state index in [1.165, 1.54) is 7.11 Å². The predicted octanol–water partition coefficient (Wildman–Crippen LogP) is 2.03. The number of anilines is 2. The highest BCUT2D eigenvalue weighted by Gasteiger charge is 2.31. The first-order valence-electron chi connectivity index (χ1n) is 6.27. The molecule has 1 amide bonds. The molecule has 1 aromatic carbocycles. The van der Waals surface area contributed by atoms with Crippen LogP contribution in [0.25, 0.3) is 0 Å². The number of carbonyl (C=O) groups is 2. The minimum Gasteiger partial charge on any atom is -0.465 e. The van der Waals surface area contributed by atoms with Crippen LogP contribution in [0.15, 0.2) is 18.2 Å². The molecule has 1 aromatic rings. The van der Waals surface area contributed by atoms with Gasteiger partial charge in [-0.3, -0.25) is 4.79 Å². The monoisotopic (exact) mass is 262 g/mol. The lowest BCUT2D eigenvalue weighted by Gasteiger charge is -2.39. The van der Waals surface area contributed by atoms with E-state index in [0.29, 0.717) is 11.3 Å². The van der Waals surface area contributed by atoms with Crippen molar-refractivity contribution in [2.24, 2.45) is 0 Å². The molecule has 0 saturated heterocycles. The fraction of sp³-hybridized carbons (Fsp3) is 0.429. The molecule has 0 aliphatic carbocycles. The smallest absolute Gasteiger partial charge is 0.337 e. The number of amides is 1. The van der Waals surface area contributed by atoms with Gasteiger partial charge in [0.25, 0.3) is 0 Å². The molecule has 1 aliphatic heterocycles. The second-order valence-corrected chi connectivity index (χ2v) is 4.89. The number of rotatable bonds is 2. The van der Waals surface area contributed by atoms with Crippen LogP contribution in [-0.4, -0.2) is 31.1 Å². The third-order valence-electron chi connectivity index (χ3n) is 3.31. The van der Waals surface area contributed by atoms with Gasteiger partial charge >= 0.3 is 5.97 Å². The number of carbonyl (C=O) groups excluding carboxylic acids is 2. The third kappa shape index (κ3) is 2.28. The maximum Gasteiger partial charge on any atom is 0.337 e. The second-order valence-electron chi connectivity index (χ2n) is 4.89. The SMILES string of the molecule is COC(=O)c1ccc2c(c1)NC(=O)C(C)N2C(C)C. The van der Waals surface area contributed by atoms with E-state index in [4.69, 9.17) is 0 Å². The van der Waals surface area contributed by atoms with Crippen molar-refractivity contribution < 1.29 is 14.3 Å². The molecule has 5 nitrogen and oxygen atoms in total. The Morgan fingerprint density at radius 3 is 2.68 bits per heavy atom. The van der Waals surface area contributed by atoms with Crippen LogP contribution in [0, 0.1) is 0 Å². The zero-order chi connectivity index (χ0) is 14.2. The van der Waals surface area contributed by atoms with Gasteiger partial charge in [-0.2, -0.15) is 0 Å². The Morgan fingerprint density at radius 1 is 1.42 bits per heavy atom. The molecule has 0 spiro atoms. The number of fused-ring (bicyclic) bond motifs is 1. The van der Waals surface area contributed by atoms with Crippen LogP contribution in [0.3, 0.4) is 0 Å². The van der Waals surface area contributed by atoms with Crippen LogP contribution < -0.4 is 10.2 Å². The zero-order valence-electron chi connectivity index (χ0n) is 11.6. The number of hydrogen-bond acceptors (Lipinski definition) is 4. The van der Waals surface area contributed by atoms with Crippen molar-refractivity contribution in [2.45, 2.75) is 32.9 Å². The summed E-state index contributed by atoms with van der Waals surface area (Å²) in [5, 5.41) is 2.83. The van der Waals surface area contributed by atoms with Crippen LogP contribution in [0.4, 0.5) is 11.4 Å². The van der Waals surface area contributed by atoms with Gasteiger partial charge in [0.05, 0.1) is 24.0 Å². The number of benzene rings is 1. The van der Waals surface area contributed by atoms with Crippen molar-refractivity contribution in [3.8, 4) is 0 Å². The van der Waals surface area contributed by atoms with Crippen molar-refractivity contribution in [1.82, 2.24) is 0 Å². The van der Waals surface area contributed by atoms with Gasteiger partial charge in [0.15, 0.2) is 0 Å². The molecule has 2 rings (SSSR count). The number of methoxy groups -OCH3 is 1. The van der Waals surface area contributed by atoms with E-state index in [9.17, 15) is 9.59 Å². The molecule has 19 heavy (non-hydrogen) atoms. The first kappa shape index (κ1) is 13.4. The Balaban J connectivity index is 2.48. The number of hydrogen-bond donors (Lipinski definition) is 1. The summed E-state index contributed by atoms with van der Waals surface area (Å²) >= 11 is 0. The molecule has 0 radical (unpaired) electrons. The fourth-order valence-electron chi connectivity index (χ4n) is 2.40. The average Bonchev–Trinajstić information content (AvgIpc) is 2.38. The molecule has 5 heteroatoms. The molecule has 1 atom stereocenters. The predicted molar refractivity (Wildman–Crippen MR) is 73.5 cm³/mol. The van der Waals surface area contributed by atoms with Crippen molar-refractivity contribution in [2.75, 3.05) is 17.3 Å². The molecule has 0 bridgehead atoms. The van der Waals surface area contributed by atoms with Crippen LogP contribution in [-0.2, 0) is 9.53 Å². The minimum atomic E-state index is -0.410. The van der Waals surface area contributed by atoms with E-state index < -0.39 is 5.97 Å². The Bertz CT molecular complexity index is 525. The molecular formula is C14H18N2O3. The maximum atomic E-state index is 12.0. The Labute approximate surface area is 112 Å². The topological polar surface area (TPSA) is 58.6 Å². The summed E-state index contributed by atoms with van der Waals surface area (Å²) in [6.45, 7) is 5.94. The molecule has 1 aliphatic rings. The summed E-state index contributed by atoms with van der Waals surface area (Å²) in [6.07, 6.45) is 0. The van der Waals surface area contributed by atoms with Gasteiger partial charge in [0.2, 0.25) is 5.91 Å². The van der Waals surface area contributed by atoms with Crippen molar-refractivity contribution in [3.05, 3.63) is 23.8 Å². The number of ether oxygens (including phenoxy) is 1. The van der Waals surface area contributed by atoms with E-state index in [2.05, 4.69) is 10.1 Å². The van der Waals surface area contributed by atoms with Gasteiger partial charge in [-0.05, 0) is 39.0 Å². The zero-order valence-corrected chi connectivity index (χ0v) is 11.6. The van der Waals surface area contributed by atoms with Gasteiger partial charge in [0, 0.05) is 6.04 Å². The molecular weight excluding hydrogens is 244 g/mol. The summed E-state index contributed by atoms with van der Waals surface area (Å²) in [7, 11) is 1.34. The Morgan fingerprint density at radius 2 is 2.11 bits per heavy atom. The van der Waals surface area contributed by atoms with Gasteiger partial charge in [-0.1, -0.05) is 0 Å². The summed E-state index contributed by atoms with van der Waals surface area (Å²) in [4.78, 5) is 25.5. The number of esters is 1. The van der Waals surface area contributed by atoms with Crippen LogP contribution in [0.5, 0.6) is 0 Å². The first-order chi connectivity index (χ1) is 8.95. The van der Waals surface area contributed by atoms with Gasteiger partial charge in [-0.15, -0.1) is 0 Å². The van der Waals surface area contributed by atoms with Crippen molar-refractivity contribution in [3.63, 3.8) is 0 Å². The van der Waals surface area contributed by atoms with Gasteiger partial charge in [-0.25, -0.2) is 4.79 Å². The van der Waals surface area contributed by atoms with E-state index >= 15 is 0 Å². The Kier molecular flexibility index (Phi) is 3.46. The van der Waals surface area contributed by atoms with Gasteiger partial charge < -0.3 is 15.0 Å². The molecule has 102 valence electrons. The Hall–Kier alpha value is -2.04. The number of nitrogens with one attached hydrogen (secondary N) is 1. The van der Waals surface area contributed by atoms with Crippen LogP contribution in [0.2, 0.25) is 0 Å². The minimum absolute atomic E-state index is 0.0665. The lowest BCUT2D eigenvalue weighted by atomic mass is 10.0. The van der Waals surface area contributed by atoms with E-state index in [1.807, 2.05) is 31.7 Å². The first-order valence-corrected chi connectivity index (χ1v) is 6.27. The third-order valence-corrected chi connectivity index (χ3v) is 3.31. The summed E-state index contributed by atoms with van der Waals surface area (Å²) in [5.41, 5.74) is 2.01. The highest BCUT2D eigenvalue weighted by molar-refractivity contribution is 6.05. The summed E-state index contributed by atoms with van der Waals surface area (Å²) in [5.74, 6) is -0.477. The maximum absolute atomic E-state index is 12.0. The quantitative estimate of drug-likeness (QED) is 0.828. The van der Waals surface area contributed by atoms with E-state index in [1.54, 1.807) is 12.1 Å². The lowest BCUT2D eigenvalue weighted by molar-refractivity contribution is -0.117. The fourth-order valence-corrected chi connectivity index (χ4v) is 2.40. The van der Waals surface area contributed by atoms with Crippen LogP contribution >= 0.6 is 0 Å². The summed E-state index contributed by atoms with van der Waals surface area (Å²) in [6, 6.07) is 5.18. The normalized spacial score (nSPS) is 18.1. The van der Waals surface area contributed by atoms with Crippen molar-refractivity contribution >= 4 is 23.3 Å². The molecule has 1 unspecified atom stereocenters. The van der Waals surface area contributed by atoms with E-state index in [0.717, 1.165) is 5.69 Å². The molecule has 0 fully saturated rings. The molecule has 1 N–H and O–H groups in total. The lowest BCUT2D eigenvalue weighted by Crippen LogP contribution is -2.49. The molecule has 1 heterocycles. The second kappa shape index (κ2) is 4.91. The average molecular weight is 262 g/mol. The van der Waals surface area contributed by atoms with Gasteiger partial charge in [0.1, 0.15) is 6.04 Å². The number of nitrogens with zero attached hydrogens (tertiary/aromatic N) is 1. The van der Waals surface area contributed by atoms with Crippen LogP contribution in [0.1, 0.15) is 31.1 Å². The largest absolute Gasteiger partial charge is 0.465 e. The van der Waals surface area contributed by atoms with E-state index in [-0.39, 0.29) is 18.0 Å². The van der Waals surface area contributed by atoms with Crippen molar-refractivity contribution in [1.29, 1.82) is 0 Å². The standard InChI is InChI=1S/C14H18N2O3/c1-8(2)16-9(3)13(17)15-11-7-10(14(18)19-4)5-6-12(11)16/h5-9H,1-4H3,(H,15,17). The highest BCUT2D eigenvalue weighted by Crippen LogP contribution is 2.34. The molecule has 0 saturated carbocycles. The summed E-state index contributed by atoms with van der Waals surface area (Å²) < 4.78 is 4.68. The molecule has 0 aromatic heterocycles. The highest BCUT2D eigenvalue weighted by atomic mass is 16.5.